The van der Waals surface area contributed by atoms with Gasteiger partial charge in [0.1, 0.15) is 11.4 Å². The average Bonchev–Trinajstić information content (AvgIpc) is 2.16. The fourth-order valence-electron chi connectivity index (χ4n) is 0.827. The molecule has 1 atom stereocenters. The van der Waals surface area contributed by atoms with Gasteiger partial charge in [-0.05, 0) is 12.1 Å². The van der Waals surface area contributed by atoms with Crippen LogP contribution in [0.25, 0.3) is 0 Å². The van der Waals surface area contributed by atoms with Crippen LogP contribution in [0.5, 0.6) is 5.75 Å². The second kappa shape index (κ2) is 3.93. The fourth-order valence-corrected chi connectivity index (χ4v) is 0.991. The van der Waals surface area contributed by atoms with Gasteiger partial charge in [-0.2, -0.15) is 5.26 Å². The van der Waals surface area contributed by atoms with Crippen molar-refractivity contribution < 1.29 is 4.74 Å². The van der Waals surface area contributed by atoms with Crippen molar-refractivity contribution in [3.05, 3.63) is 24.0 Å². The minimum Gasteiger partial charge on any atom is -0.495 e. The normalized spacial score (nSPS) is 11.8. The minimum atomic E-state index is -0.749. The molecular formula is C8H7ClN2O. The lowest BCUT2D eigenvalue weighted by atomic mass is 10.2. The third kappa shape index (κ3) is 1.66. The summed E-state index contributed by atoms with van der Waals surface area (Å²) in [4.78, 5) is 3.94. The van der Waals surface area contributed by atoms with E-state index in [0.29, 0.717) is 11.4 Å². The molecule has 1 aromatic rings. The van der Waals surface area contributed by atoms with Crippen LogP contribution >= 0.6 is 11.6 Å². The molecule has 12 heavy (non-hydrogen) atoms. The number of hydrogen-bond donors (Lipinski definition) is 0. The van der Waals surface area contributed by atoms with Gasteiger partial charge in [0.05, 0.1) is 13.2 Å². The van der Waals surface area contributed by atoms with Crippen LogP contribution in [0.3, 0.4) is 0 Å². The van der Waals surface area contributed by atoms with E-state index in [-0.39, 0.29) is 0 Å². The molecule has 0 radical (unpaired) electrons. The van der Waals surface area contributed by atoms with E-state index in [1.165, 1.54) is 7.11 Å². The Morgan fingerprint density at radius 1 is 1.75 bits per heavy atom. The summed E-state index contributed by atoms with van der Waals surface area (Å²) in [5.74, 6) is 0.541. The second-order valence-electron chi connectivity index (χ2n) is 2.08. The summed E-state index contributed by atoms with van der Waals surface area (Å²) < 4.78 is 4.97. The highest BCUT2D eigenvalue weighted by molar-refractivity contribution is 6.22. The number of ether oxygens (including phenoxy) is 1. The first kappa shape index (κ1) is 8.82. The van der Waals surface area contributed by atoms with Gasteiger partial charge in [0.15, 0.2) is 5.38 Å². The number of nitrogens with zero attached hydrogens (tertiary/aromatic N) is 2. The molecule has 0 amide bonds. The summed E-state index contributed by atoms with van der Waals surface area (Å²) in [7, 11) is 1.52. The number of rotatable bonds is 2. The number of hydrogen-bond acceptors (Lipinski definition) is 3. The van der Waals surface area contributed by atoms with Crippen molar-refractivity contribution in [1.29, 1.82) is 5.26 Å². The standard InChI is InChI=1S/C8H7ClN2O/c1-12-7-3-2-4-11-8(7)6(9)5-10/h2-4,6H,1H3. The molecule has 0 aliphatic heterocycles. The highest BCUT2D eigenvalue weighted by Crippen LogP contribution is 2.25. The Balaban J connectivity index is 3.06. The zero-order valence-corrected chi connectivity index (χ0v) is 7.25. The number of aromatic nitrogens is 1. The van der Waals surface area contributed by atoms with E-state index in [9.17, 15) is 0 Å². The molecule has 0 aliphatic rings. The van der Waals surface area contributed by atoms with Crippen molar-refractivity contribution in [1.82, 2.24) is 4.98 Å². The molecule has 0 N–H and O–H groups in total. The van der Waals surface area contributed by atoms with E-state index in [1.807, 2.05) is 6.07 Å². The number of alkyl halides is 1. The third-order valence-electron chi connectivity index (χ3n) is 1.37. The van der Waals surface area contributed by atoms with Gasteiger partial charge in [0.25, 0.3) is 0 Å². The van der Waals surface area contributed by atoms with E-state index in [1.54, 1.807) is 18.3 Å². The first-order valence-electron chi connectivity index (χ1n) is 3.32. The van der Waals surface area contributed by atoms with Crippen LogP contribution in [0.4, 0.5) is 0 Å². The third-order valence-corrected chi connectivity index (χ3v) is 1.68. The molecule has 3 nitrogen and oxygen atoms in total. The highest BCUT2D eigenvalue weighted by atomic mass is 35.5. The number of halogens is 1. The van der Waals surface area contributed by atoms with Crippen LogP contribution in [0.1, 0.15) is 11.1 Å². The summed E-state index contributed by atoms with van der Waals surface area (Å²) in [6.07, 6.45) is 1.57. The molecule has 0 aromatic carbocycles. The molecule has 0 spiro atoms. The molecule has 1 unspecified atom stereocenters. The largest absolute Gasteiger partial charge is 0.495 e. The van der Waals surface area contributed by atoms with Crippen molar-refractivity contribution in [2.75, 3.05) is 7.11 Å². The summed E-state index contributed by atoms with van der Waals surface area (Å²) in [6, 6.07) is 5.32. The molecule has 0 saturated heterocycles. The predicted molar refractivity (Wildman–Crippen MR) is 45.0 cm³/mol. The lowest BCUT2D eigenvalue weighted by Gasteiger charge is -2.05. The van der Waals surface area contributed by atoms with Gasteiger partial charge in [0.2, 0.25) is 0 Å². The van der Waals surface area contributed by atoms with Crippen molar-refractivity contribution >= 4 is 11.6 Å². The Kier molecular flexibility index (Phi) is 2.89. The fraction of sp³-hybridized carbons (Fsp3) is 0.250. The summed E-state index contributed by atoms with van der Waals surface area (Å²) in [5, 5.41) is 7.78. The van der Waals surface area contributed by atoms with E-state index in [0.717, 1.165) is 0 Å². The van der Waals surface area contributed by atoms with Gasteiger partial charge >= 0.3 is 0 Å². The van der Waals surface area contributed by atoms with Crippen molar-refractivity contribution in [2.24, 2.45) is 0 Å². The number of methoxy groups -OCH3 is 1. The molecular weight excluding hydrogens is 176 g/mol. The maximum Gasteiger partial charge on any atom is 0.166 e. The predicted octanol–water partition coefficient (Wildman–Crippen LogP) is 1.89. The lowest BCUT2D eigenvalue weighted by molar-refractivity contribution is 0.408. The van der Waals surface area contributed by atoms with Crippen LogP contribution in [-0.4, -0.2) is 12.1 Å². The molecule has 1 aromatic heterocycles. The Morgan fingerprint density at radius 2 is 2.50 bits per heavy atom. The summed E-state index contributed by atoms with van der Waals surface area (Å²) in [5.41, 5.74) is 0.462. The monoisotopic (exact) mass is 182 g/mol. The number of pyridine rings is 1. The maximum absolute atomic E-state index is 8.53. The average molecular weight is 183 g/mol. The van der Waals surface area contributed by atoms with E-state index in [4.69, 9.17) is 21.6 Å². The molecule has 0 bridgehead atoms. The van der Waals surface area contributed by atoms with Crippen LogP contribution in [0.15, 0.2) is 18.3 Å². The molecule has 0 fully saturated rings. The van der Waals surface area contributed by atoms with Crippen LogP contribution in [-0.2, 0) is 0 Å². The van der Waals surface area contributed by atoms with Crippen LogP contribution in [0, 0.1) is 11.3 Å². The van der Waals surface area contributed by atoms with Gasteiger partial charge < -0.3 is 4.74 Å². The smallest absolute Gasteiger partial charge is 0.166 e. The van der Waals surface area contributed by atoms with Gasteiger partial charge in [-0.25, -0.2) is 0 Å². The maximum atomic E-state index is 8.53. The highest BCUT2D eigenvalue weighted by Gasteiger charge is 2.12. The van der Waals surface area contributed by atoms with Gasteiger partial charge in [-0.3, -0.25) is 4.98 Å². The Morgan fingerprint density at radius 3 is 3.08 bits per heavy atom. The Labute approximate surface area is 75.6 Å². The van der Waals surface area contributed by atoms with Gasteiger partial charge in [0, 0.05) is 6.20 Å². The molecule has 0 aliphatic carbocycles. The topological polar surface area (TPSA) is 45.9 Å². The van der Waals surface area contributed by atoms with Crippen molar-refractivity contribution in [3.8, 4) is 11.8 Å². The van der Waals surface area contributed by atoms with E-state index >= 15 is 0 Å². The number of nitriles is 1. The Hall–Kier alpha value is -1.27. The molecule has 1 rings (SSSR count). The molecule has 1 heterocycles. The van der Waals surface area contributed by atoms with Gasteiger partial charge in [-0.1, -0.05) is 11.6 Å². The Bertz CT molecular complexity index is 308. The van der Waals surface area contributed by atoms with Crippen LogP contribution < -0.4 is 4.74 Å². The van der Waals surface area contributed by atoms with E-state index in [2.05, 4.69) is 4.98 Å². The quantitative estimate of drug-likeness (QED) is 0.657. The molecule has 0 saturated carbocycles. The zero-order valence-electron chi connectivity index (χ0n) is 6.49. The van der Waals surface area contributed by atoms with Crippen LogP contribution in [0.2, 0.25) is 0 Å². The first-order valence-corrected chi connectivity index (χ1v) is 3.76. The van der Waals surface area contributed by atoms with Crippen molar-refractivity contribution in [3.63, 3.8) is 0 Å². The summed E-state index contributed by atoms with van der Waals surface area (Å²) >= 11 is 5.67. The molecule has 62 valence electrons. The molecule has 4 heteroatoms. The SMILES string of the molecule is COc1cccnc1C(Cl)C#N. The van der Waals surface area contributed by atoms with Crippen molar-refractivity contribution in [2.45, 2.75) is 5.38 Å². The summed E-state index contributed by atoms with van der Waals surface area (Å²) in [6.45, 7) is 0. The van der Waals surface area contributed by atoms with Gasteiger partial charge in [-0.15, -0.1) is 0 Å². The lowest BCUT2D eigenvalue weighted by Crippen LogP contribution is -1.96. The zero-order chi connectivity index (χ0) is 8.97. The minimum absolute atomic E-state index is 0.462. The van der Waals surface area contributed by atoms with E-state index < -0.39 is 5.38 Å². The first-order chi connectivity index (χ1) is 5.79. The second-order valence-corrected chi connectivity index (χ2v) is 2.52.